The Morgan fingerprint density at radius 2 is 2.13 bits per heavy atom. The van der Waals surface area contributed by atoms with Gasteiger partial charge in [0.25, 0.3) is 0 Å². The van der Waals surface area contributed by atoms with Gasteiger partial charge in [-0.15, -0.1) is 0 Å². The molecule has 1 amide bonds. The van der Waals surface area contributed by atoms with Crippen LogP contribution in [0.3, 0.4) is 0 Å². The summed E-state index contributed by atoms with van der Waals surface area (Å²) in [4.78, 5) is 15.6. The zero-order valence-corrected chi connectivity index (χ0v) is 9.72. The number of hydrogen-bond donors (Lipinski definition) is 1. The van der Waals surface area contributed by atoms with E-state index in [0.29, 0.717) is 12.1 Å². The molecule has 0 spiro atoms. The van der Waals surface area contributed by atoms with Crippen LogP contribution in [-0.4, -0.2) is 15.5 Å². The molecule has 82 valence electrons. The molecule has 4 heteroatoms. The lowest BCUT2D eigenvalue weighted by atomic mass is 10.3. The van der Waals surface area contributed by atoms with E-state index >= 15 is 0 Å². The number of imidazole rings is 1. The lowest BCUT2D eigenvalue weighted by Crippen LogP contribution is -2.24. The number of aromatic nitrogens is 2. The van der Waals surface area contributed by atoms with Crippen molar-refractivity contribution < 1.29 is 4.79 Å². The summed E-state index contributed by atoms with van der Waals surface area (Å²) in [6, 6.07) is 0. The molecule has 0 saturated carbocycles. The Labute approximate surface area is 90.0 Å². The lowest BCUT2D eigenvalue weighted by Gasteiger charge is -2.05. The molecule has 1 N–H and O–H groups in total. The van der Waals surface area contributed by atoms with E-state index in [0.717, 1.165) is 17.2 Å². The van der Waals surface area contributed by atoms with Crippen LogP contribution < -0.4 is 5.32 Å². The largest absolute Gasteiger partial charge is 0.345 e. The number of aryl methyl sites for hydroxylation is 1. The average molecular weight is 207 g/mol. The minimum Gasteiger partial charge on any atom is -0.345 e. The molecule has 1 aromatic rings. The third-order valence-electron chi connectivity index (χ3n) is 2.51. The van der Waals surface area contributed by atoms with Gasteiger partial charge >= 0.3 is 0 Å². The first-order chi connectivity index (χ1) is 6.93. The van der Waals surface area contributed by atoms with Crippen LogP contribution in [0.1, 0.15) is 24.1 Å². The Hall–Kier alpha value is -1.58. The molecule has 0 fully saturated rings. The van der Waals surface area contributed by atoms with Crippen molar-refractivity contribution in [3.05, 3.63) is 29.4 Å². The zero-order chi connectivity index (χ0) is 11.6. The smallest absolute Gasteiger partial charge is 0.246 e. The predicted molar refractivity (Wildman–Crippen MR) is 59.3 cm³/mol. The monoisotopic (exact) mass is 207 g/mol. The van der Waals surface area contributed by atoms with Gasteiger partial charge in [-0.3, -0.25) is 4.79 Å². The van der Waals surface area contributed by atoms with E-state index in [-0.39, 0.29) is 5.91 Å². The van der Waals surface area contributed by atoms with Crippen LogP contribution in [0.4, 0.5) is 0 Å². The molecule has 1 rings (SSSR count). The van der Waals surface area contributed by atoms with Crippen molar-refractivity contribution in [2.75, 3.05) is 0 Å². The van der Waals surface area contributed by atoms with Gasteiger partial charge in [0.15, 0.2) is 0 Å². The number of nitrogens with one attached hydrogen (secondary N) is 1. The van der Waals surface area contributed by atoms with Crippen LogP contribution in [0.5, 0.6) is 0 Å². The summed E-state index contributed by atoms with van der Waals surface area (Å²) >= 11 is 0. The van der Waals surface area contributed by atoms with Crippen LogP contribution >= 0.6 is 0 Å². The van der Waals surface area contributed by atoms with Crippen LogP contribution in [0, 0.1) is 13.8 Å². The molecule has 15 heavy (non-hydrogen) atoms. The SMILES string of the molecule is C=C(C)C(=O)NCc1nc(C)c(C)n1C. The molecule has 4 nitrogen and oxygen atoms in total. The number of carbonyl (C=O) groups is 1. The van der Waals surface area contributed by atoms with E-state index in [4.69, 9.17) is 0 Å². The van der Waals surface area contributed by atoms with Crippen LogP contribution in [0.2, 0.25) is 0 Å². The second-order valence-corrected chi connectivity index (χ2v) is 3.72. The zero-order valence-electron chi connectivity index (χ0n) is 9.72. The standard InChI is InChI=1S/C11H17N3O/c1-7(2)11(15)12-6-10-13-8(3)9(4)14(10)5/h1,6H2,2-5H3,(H,12,15). The van der Waals surface area contributed by atoms with E-state index < -0.39 is 0 Å². The summed E-state index contributed by atoms with van der Waals surface area (Å²) < 4.78 is 1.98. The quantitative estimate of drug-likeness (QED) is 0.758. The van der Waals surface area contributed by atoms with E-state index in [2.05, 4.69) is 16.9 Å². The molecule has 0 atom stereocenters. The highest BCUT2D eigenvalue weighted by molar-refractivity contribution is 5.91. The molecular formula is C11H17N3O. The molecule has 0 radical (unpaired) electrons. The highest BCUT2D eigenvalue weighted by Crippen LogP contribution is 2.07. The number of rotatable bonds is 3. The molecule has 0 bridgehead atoms. The molecule has 0 aliphatic heterocycles. The van der Waals surface area contributed by atoms with E-state index in [1.165, 1.54) is 0 Å². The molecule has 0 aliphatic carbocycles. The maximum Gasteiger partial charge on any atom is 0.246 e. The Morgan fingerprint density at radius 1 is 1.53 bits per heavy atom. The normalized spacial score (nSPS) is 10.1. The second kappa shape index (κ2) is 4.29. The first-order valence-electron chi connectivity index (χ1n) is 4.86. The Kier molecular flexibility index (Phi) is 3.29. The second-order valence-electron chi connectivity index (χ2n) is 3.72. The summed E-state index contributed by atoms with van der Waals surface area (Å²) in [5.41, 5.74) is 2.63. The first kappa shape index (κ1) is 11.5. The van der Waals surface area contributed by atoms with Crippen molar-refractivity contribution in [1.29, 1.82) is 0 Å². The Balaban J connectivity index is 2.70. The maximum atomic E-state index is 11.3. The van der Waals surface area contributed by atoms with Crippen molar-refractivity contribution in [1.82, 2.24) is 14.9 Å². The summed E-state index contributed by atoms with van der Waals surface area (Å²) in [7, 11) is 1.94. The fourth-order valence-corrected chi connectivity index (χ4v) is 1.25. The topological polar surface area (TPSA) is 46.9 Å². The van der Waals surface area contributed by atoms with Crippen molar-refractivity contribution in [2.45, 2.75) is 27.3 Å². The Bertz CT molecular complexity index is 404. The van der Waals surface area contributed by atoms with Gasteiger partial charge in [0.05, 0.1) is 12.2 Å². The van der Waals surface area contributed by atoms with Crippen molar-refractivity contribution >= 4 is 5.91 Å². The van der Waals surface area contributed by atoms with Gasteiger partial charge < -0.3 is 9.88 Å². The van der Waals surface area contributed by atoms with Gasteiger partial charge in [-0.2, -0.15) is 0 Å². The molecule has 0 aromatic carbocycles. The minimum atomic E-state index is -0.131. The van der Waals surface area contributed by atoms with E-state index in [9.17, 15) is 4.79 Å². The van der Waals surface area contributed by atoms with Gasteiger partial charge in [-0.1, -0.05) is 6.58 Å². The predicted octanol–water partition coefficient (Wildman–Crippen LogP) is 1.23. The van der Waals surface area contributed by atoms with Crippen molar-refractivity contribution in [3.8, 4) is 0 Å². The van der Waals surface area contributed by atoms with Gasteiger partial charge in [0.2, 0.25) is 5.91 Å². The molecule has 1 heterocycles. The highest BCUT2D eigenvalue weighted by Gasteiger charge is 2.08. The van der Waals surface area contributed by atoms with Gasteiger partial charge in [-0.05, 0) is 20.8 Å². The molecule has 1 aromatic heterocycles. The lowest BCUT2D eigenvalue weighted by molar-refractivity contribution is -0.117. The Morgan fingerprint density at radius 3 is 2.53 bits per heavy atom. The first-order valence-corrected chi connectivity index (χ1v) is 4.86. The minimum absolute atomic E-state index is 0.131. The summed E-state index contributed by atoms with van der Waals surface area (Å²) in [6.45, 7) is 9.66. The molecule has 0 saturated heterocycles. The number of nitrogens with zero attached hydrogens (tertiary/aromatic N) is 2. The van der Waals surface area contributed by atoms with E-state index in [1.807, 2.05) is 25.5 Å². The average Bonchev–Trinajstić information content (AvgIpc) is 2.42. The summed E-state index contributed by atoms with van der Waals surface area (Å²) in [5, 5.41) is 2.76. The molecule has 0 unspecified atom stereocenters. The van der Waals surface area contributed by atoms with Gasteiger partial charge in [0.1, 0.15) is 5.82 Å². The van der Waals surface area contributed by atoms with Crippen LogP contribution in [0.25, 0.3) is 0 Å². The van der Waals surface area contributed by atoms with Gasteiger partial charge in [-0.25, -0.2) is 4.98 Å². The van der Waals surface area contributed by atoms with Crippen LogP contribution in [0.15, 0.2) is 12.2 Å². The maximum absolute atomic E-state index is 11.3. The number of carbonyl (C=O) groups excluding carboxylic acids is 1. The highest BCUT2D eigenvalue weighted by atomic mass is 16.1. The number of hydrogen-bond acceptors (Lipinski definition) is 2. The summed E-state index contributed by atoms with van der Waals surface area (Å²) in [6.07, 6.45) is 0. The fourth-order valence-electron chi connectivity index (χ4n) is 1.25. The fraction of sp³-hybridized carbons (Fsp3) is 0.455. The summed E-state index contributed by atoms with van der Waals surface area (Å²) in [5.74, 6) is 0.730. The van der Waals surface area contributed by atoms with Crippen LogP contribution in [-0.2, 0) is 18.4 Å². The molecular weight excluding hydrogens is 190 g/mol. The molecule has 0 aliphatic rings. The number of amides is 1. The van der Waals surface area contributed by atoms with Crippen molar-refractivity contribution in [3.63, 3.8) is 0 Å². The van der Waals surface area contributed by atoms with Crippen molar-refractivity contribution in [2.24, 2.45) is 7.05 Å². The van der Waals surface area contributed by atoms with E-state index in [1.54, 1.807) is 6.92 Å². The van der Waals surface area contributed by atoms with Gasteiger partial charge in [0, 0.05) is 18.3 Å². The third-order valence-corrected chi connectivity index (χ3v) is 2.51. The third kappa shape index (κ3) is 2.46.